The molecule has 3 fully saturated rings. The second-order valence-electron chi connectivity index (χ2n) is 7.14. The molecule has 4 heterocycles. The maximum absolute atomic E-state index is 12.9. The van der Waals surface area contributed by atoms with E-state index in [4.69, 9.17) is 16.3 Å². The molecule has 138 valence electrons. The molecule has 0 aliphatic carbocycles. The quantitative estimate of drug-likeness (QED) is 0.578. The SMILES string of the molecule is FC(F)(F)c1cc(SN2CC3(C2)CN(C2CCOCC2)C3)cnc1Cl. The molecule has 0 N–H and O–H groups in total. The normalized spacial score (nSPS) is 25.0. The Morgan fingerprint density at radius 2 is 1.88 bits per heavy atom. The number of pyridine rings is 1. The summed E-state index contributed by atoms with van der Waals surface area (Å²) in [6, 6.07) is 1.72. The van der Waals surface area contributed by atoms with Gasteiger partial charge in [0.2, 0.25) is 0 Å². The van der Waals surface area contributed by atoms with Gasteiger partial charge in [-0.15, -0.1) is 0 Å². The Balaban J connectivity index is 1.29. The summed E-state index contributed by atoms with van der Waals surface area (Å²) in [7, 11) is 0. The van der Waals surface area contributed by atoms with E-state index in [0.717, 1.165) is 58.3 Å². The molecule has 0 saturated carbocycles. The van der Waals surface area contributed by atoms with Crippen LogP contribution in [-0.4, -0.2) is 59.6 Å². The molecule has 0 aromatic carbocycles. The lowest BCUT2D eigenvalue weighted by molar-refractivity contribution is -0.137. The van der Waals surface area contributed by atoms with Gasteiger partial charge in [-0.2, -0.15) is 13.2 Å². The molecule has 3 aliphatic heterocycles. The van der Waals surface area contributed by atoms with E-state index in [1.165, 1.54) is 18.1 Å². The van der Waals surface area contributed by atoms with Crippen LogP contribution in [0.2, 0.25) is 5.15 Å². The summed E-state index contributed by atoms with van der Waals surface area (Å²) < 4.78 is 46.2. The van der Waals surface area contributed by atoms with Gasteiger partial charge in [0.15, 0.2) is 0 Å². The fraction of sp³-hybridized carbons (Fsp3) is 0.688. The monoisotopic (exact) mass is 393 g/mol. The molecule has 0 amide bonds. The van der Waals surface area contributed by atoms with Crippen molar-refractivity contribution in [2.45, 2.75) is 30.0 Å². The second-order valence-corrected chi connectivity index (χ2v) is 8.67. The van der Waals surface area contributed by atoms with Crippen LogP contribution in [0, 0.1) is 5.41 Å². The molecular formula is C16H19ClF3N3OS. The Kier molecular flexibility index (Phi) is 4.69. The lowest BCUT2D eigenvalue weighted by Crippen LogP contribution is -2.72. The maximum Gasteiger partial charge on any atom is 0.419 e. The standard InChI is InChI=1S/C16H19ClF3N3OS/c17-14-13(16(18,19)20)5-12(6-21-14)25-23-9-15(10-23)7-22(8-15)11-1-3-24-4-2-11/h5-6,11H,1-4,7-10H2. The third-order valence-corrected chi connectivity index (χ3v) is 6.41. The van der Waals surface area contributed by atoms with Crippen molar-refractivity contribution < 1.29 is 17.9 Å². The fourth-order valence-corrected chi connectivity index (χ4v) is 5.37. The van der Waals surface area contributed by atoms with Crippen molar-refractivity contribution >= 4 is 23.5 Å². The molecule has 0 unspecified atom stereocenters. The topological polar surface area (TPSA) is 28.6 Å². The smallest absolute Gasteiger partial charge is 0.381 e. The van der Waals surface area contributed by atoms with E-state index < -0.39 is 16.9 Å². The predicted octanol–water partition coefficient (Wildman–Crippen LogP) is 3.56. The lowest BCUT2D eigenvalue weighted by atomic mass is 9.73. The van der Waals surface area contributed by atoms with Crippen LogP contribution in [0.25, 0.3) is 0 Å². The molecule has 9 heteroatoms. The Morgan fingerprint density at radius 3 is 2.52 bits per heavy atom. The number of ether oxygens (including phenoxy) is 1. The zero-order chi connectivity index (χ0) is 17.7. The number of halogens is 4. The number of aromatic nitrogens is 1. The Hall–Kier alpha value is -0.540. The Bertz CT molecular complexity index is 640. The molecule has 0 bridgehead atoms. The Labute approximate surface area is 153 Å². The first-order chi connectivity index (χ1) is 11.8. The Morgan fingerprint density at radius 1 is 1.20 bits per heavy atom. The van der Waals surface area contributed by atoms with E-state index in [1.807, 2.05) is 0 Å². The first-order valence-corrected chi connectivity index (χ1v) is 9.47. The van der Waals surface area contributed by atoms with Gasteiger partial charge in [-0.05, 0) is 30.9 Å². The molecule has 0 atom stereocenters. The molecule has 4 rings (SSSR count). The van der Waals surface area contributed by atoms with E-state index in [0.29, 0.717) is 16.4 Å². The number of hydrogen-bond donors (Lipinski definition) is 0. The third-order valence-electron chi connectivity index (χ3n) is 5.16. The molecule has 0 radical (unpaired) electrons. The number of likely N-dealkylation sites (tertiary alicyclic amines) is 1. The number of nitrogens with zero attached hydrogens (tertiary/aromatic N) is 3. The van der Waals surface area contributed by atoms with Crippen molar-refractivity contribution in [1.29, 1.82) is 0 Å². The zero-order valence-corrected chi connectivity index (χ0v) is 15.1. The van der Waals surface area contributed by atoms with Gasteiger partial charge in [-0.3, -0.25) is 4.90 Å². The number of hydrogen-bond acceptors (Lipinski definition) is 5. The lowest BCUT2D eigenvalue weighted by Gasteiger charge is -2.62. The molecule has 3 saturated heterocycles. The van der Waals surface area contributed by atoms with Crippen LogP contribution >= 0.6 is 23.5 Å². The maximum atomic E-state index is 12.9. The average Bonchev–Trinajstić information content (AvgIpc) is 2.49. The van der Waals surface area contributed by atoms with Gasteiger partial charge in [-0.25, -0.2) is 9.29 Å². The van der Waals surface area contributed by atoms with Crippen LogP contribution in [0.3, 0.4) is 0 Å². The van der Waals surface area contributed by atoms with Gasteiger partial charge in [0, 0.05) is 61.9 Å². The number of rotatable bonds is 3. The summed E-state index contributed by atoms with van der Waals surface area (Å²) >= 11 is 6.89. The van der Waals surface area contributed by atoms with Gasteiger partial charge in [-0.1, -0.05) is 11.6 Å². The van der Waals surface area contributed by atoms with Gasteiger partial charge >= 0.3 is 6.18 Å². The minimum atomic E-state index is -4.48. The number of alkyl halides is 3. The van der Waals surface area contributed by atoms with Gasteiger partial charge in [0.1, 0.15) is 5.15 Å². The summed E-state index contributed by atoms with van der Waals surface area (Å²) in [6.07, 6.45) is -0.867. The zero-order valence-electron chi connectivity index (χ0n) is 13.6. The van der Waals surface area contributed by atoms with E-state index in [-0.39, 0.29) is 0 Å². The first-order valence-electron chi connectivity index (χ1n) is 8.32. The minimum Gasteiger partial charge on any atom is -0.381 e. The fourth-order valence-electron chi connectivity index (χ4n) is 3.92. The summed E-state index contributed by atoms with van der Waals surface area (Å²) in [4.78, 5) is 6.68. The molecule has 1 aromatic heterocycles. The highest BCUT2D eigenvalue weighted by molar-refractivity contribution is 7.97. The highest BCUT2D eigenvalue weighted by Crippen LogP contribution is 2.46. The van der Waals surface area contributed by atoms with Crippen molar-refractivity contribution in [3.63, 3.8) is 0 Å². The average molecular weight is 394 g/mol. The summed E-state index contributed by atoms with van der Waals surface area (Å²) in [5.74, 6) is 0. The van der Waals surface area contributed by atoms with Crippen molar-refractivity contribution in [3.8, 4) is 0 Å². The van der Waals surface area contributed by atoms with E-state index in [9.17, 15) is 13.2 Å². The first kappa shape index (κ1) is 17.9. The van der Waals surface area contributed by atoms with Crippen molar-refractivity contribution in [3.05, 3.63) is 23.0 Å². The highest BCUT2D eigenvalue weighted by atomic mass is 35.5. The van der Waals surface area contributed by atoms with E-state index in [1.54, 1.807) is 0 Å². The van der Waals surface area contributed by atoms with Crippen LogP contribution < -0.4 is 0 Å². The molecular weight excluding hydrogens is 375 g/mol. The van der Waals surface area contributed by atoms with Crippen molar-refractivity contribution in [2.24, 2.45) is 5.41 Å². The van der Waals surface area contributed by atoms with Gasteiger partial charge < -0.3 is 4.74 Å². The molecule has 3 aliphatic rings. The van der Waals surface area contributed by atoms with Crippen LogP contribution in [0.1, 0.15) is 18.4 Å². The molecule has 1 spiro atoms. The largest absolute Gasteiger partial charge is 0.419 e. The molecule has 25 heavy (non-hydrogen) atoms. The van der Waals surface area contributed by atoms with Crippen LogP contribution in [0.15, 0.2) is 17.2 Å². The third kappa shape index (κ3) is 3.64. The van der Waals surface area contributed by atoms with E-state index in [2.05, 4.69) is 14.2 Å². The second kappa shape index (κ2) is 6.56. The van der Waals surface area contributed by atoms with Crippen LogP contribution in [0.5, 0.6) is 0 Å². The molecule has 1 aromatic rings. The van der Waals surface area contributed by atoms with Crippen molar-refractivity contribution in [1.82, 2.24) is 14.2 Å². The summed E-state index contributed by atoms with van der Waals surface area (Å²) in [5, 5.41) is -0.497. The summed E-state index contributed by atoms with van der Waals surface area (Å²) in [5.41, 5.74) is -0.554. The highest BCUT2D eigenvalue weighted by Gasteiger charge is 2.53. The van der Waals surface area contributed by atoms with Crippen LogP contribution in [-0.2, 0) is 10.9 Å². The van der Waals surface area contributed by atoms with Crippen molar-refractivity contribution in [2.75, 3.05) is 39.4 Å². The molecule has 4 nitrogen and oxygen atoms in total. The predicted molar refractivity (Wildman–Crippen MR) is 89.5 cm³/mol. The summed E-state index contributed by atoms with van der Waals surface area (Å²) in [6.45, 7) is 5.67. The van der Waals surface area contributed by atoms with Gasteiger partial charge in [0.05, 0.1) is 5.56 Å². The minimum absolute atomic E-state index is 0.317. The van der Waals surface area contributed by atoms with Gasteiger partial charge in [0.25, 0.3) is 0 Å². The van der Waals surface area contributed by atoms with Crippen LogP contribution in [0.4, 0.5) is 13.2 Å². The van der Waals surface area contributed by atoms with E-state index >= 15 is 0 Å².